The molecule has 17 rings (SSSR count). The number of nitrogens with one attached hydrogen (secondary N) is 2. The molecule has 0 saturated carbocycles. The number of pyridine rings is 4. The number of halogens is 3. The molecule has 5 aliphatic heterocycles. The molecule has 2 aliphatic carbocycles. The number of carbonyl (C=O) groups excluding carboxylic acids is 2. The monoisotopic (exact) mass is 1580 g/mol. The van der Waals surface area contributed by atoms with Gasteiger partial charge >= 0.3 is 7.12 Å². The molecule has 4 atom stereocenters. The Morgan fingerprint density at radius 3 is 1.44 bits per heavy atom. The summed E-state index contributed by atoms with van der Waals surface area (Å²) in [5, 5.41) is 6.35. The number of fused-ring (bicyclic) bond motifs is 6. The summed E-state index contributed by atoms with van der Waals surface area (Å²) in [5.41, 5.74) is 8.70. The van der Waals surface area contributed by atoms with Crippen LogP contribution < -0.4 is 48.1 Å². The minimum Gasteiger partial charge on any atom is -0.399 e. The fourth-order valence-electron chi connectivity index (χ4n) is 16.5. The minimum absolute atomic E-state index is 0. The highest BCUT2D eigenvalue weighted by atomic mass is 79.9. The van der Waals surface area contributed by atoms with Crippen LogP contribution in [0.5, 0.6) is 0 Å². The van der Waals surface area contributed by atoms with Crippen LogP contribution in [0.3, 0.4) is 0 Å². The van der Waals surface area contributed by atoms with Crippen molar-refractivity contribution in [2.45, 2.75) is 162 Å². The summed E-state index contributed by atoms with van der Waals surface area (Å²) in [7, 11) is 2.78. The third-order valence-electron chi connectivity index (χ3n) is 23.4. The number of piperazine rings is 2. The molecular weight excluding hydrogens is 1480 g/mol. The van der Waals surface area contributed by atoms with E-state index in [-0.39, 0.29) is 63.4 Å². The van der Waals surface area contributed by atoms with Gasteiger partial charge in [-0.3, -0.25) is 47.7 Å². The molecule has 28 heteroatoms. The number of ether oxygens (including phenoxy) is 2. The third-order valence-corrected chi connectivity index (χ3v) is 24.1. The average Bonchev–Trinajstić information content (AvgIpc) is 1.69. The SMILES string of the molecule is C.C[C@@H]1CN(c2ccc(Nc3cc(-c4cc(F)cc(-n5ccn6c7c(cc6c5=O)CCCC7)c4C=O)cn(C)c3=O)nc2)[C@@H](C)CN1C1COC1.C[C@@H]1CN(c2ccc(Nc3cc(B4OC(C)(C)C(C)(C)O4)cn(C)c3=O)nc2)[C@@H](C)CN1C1COC1.O=Cc1c(Br)cc(F)cc1-n1ccn2c3c(cc2c1=O)CCCC3. The summed E-state index contributed by atoms with van der Waals surface area (Å²) in [6, 6.07) is 22.5. The summed E-state index contributed by atoms with van der Waals surface area (Å²) >= 11 is 3.18. The van der Waals surface area contributed by atoms with Crippen molar-refractivity contribution in [1.29, 1.82) is 0 Å². The Balaban J connectivity index is 0.000000147. The fraction of sp³-hybridized carbons (Fsp3) is 0.422. The predicted molar refractivity (Wildman–Crippen MR) is 433 cm³/mol. The summed E-state index contributed by atoms with van der Waals surface area (Å²) in [6.45, 7) is 24.1. The highest BCUT2D eigenvalue weighted by Gasteiger charge is 2.52. The lowest BCUT2D eigenvalue weighted by Crippen LogP contribution is -2.63. The predicted octanol–water partition coefficient (Wildman–Crippen LogP) is 11.2. The zero-order valence-electron chi connectivity index (χ0n) is 63.6. The molecule has 8 aromatic heterocycles. The maximum Gasteiger partial charge on any atom is 0.496 e. The van der Waals surface area contributed by atoms with E-state index in [0.717, 1.165) is 132 Å². The van der Waals surface area contributed by atoms with Gasteiger partial charge in [-0.1, -0.05) is 7.43 Å². The van der Waals surface area contributed by atoms with E-state index in [4.69, 9.17) is 18.8 Å². The summed E-state index contributed by atoms with van der Waals surface area (Å²) in [4.78, 5) is 96.1. The number of rotatable bonds is 14. The summed E-state index contributed by atoms with van der Waals surface area (Å²) < 4.78 is 62.1. The average molecular weight is 1580 g/mol. The molecular formula is C83H96BBrF2N14O10. The van der Waals surface area contributed by atoms with Crippen molar-refractivity contribution in [1.82, 2.24) is 46.8 Å². The van der Waals surface area contributed by atoms with Crippen molar-refractivity contribution >= 4 is 86.5 Å². The second-order valence-corrected chi connectivity index (χ2v) is 32.2. The van der Waals surface area contributed by atoms with Crippen molar-refractivity contribution in [3.05, 3.63) is 214 Å². The van der Waals surface area contributed by atoms with Gasteiger partial charge in [0.05, 0.1) is 90.4 Å². The van der Waals surface area contributed by atoms with E-state index < -0.39 is 30.0 Å². The van der Waals surface area contributed by atoms with Gasteiger partial charge in [0.15, 0.2) is 12.6 Å². The molecule has 2 aromatic carbocycles. The van der Waals surface area contributed by atoms with E-state index in [1.807, 2.05) is 79.2 Å². The zero-order chi connectivity index (χ0) is 77.4. The molecule has 5 fully saturated rings. The third kappa shape index (κ3) is 15.1. The first-order valence-corrected chi connectivity index (χ1v) is 38.7. The molecule has 0 spiro atoms. The van der Waals surface area contributed by atoms with E-state index in [2.05, 4.69) is 89.9 Å². The lowest BCUT2D eigenvalue weighted by Gasteiger charge is -2.50. The first-order chi connectivity index (χ1) is 52.7. The number of hydrogen-bond acceptors (Lipinski definition) is 18. The van der Waals surface area contributed by atoms with Crippen molar-refractivity contribution in [3.8, 4) is 22.5 Å². The van der Waals surface area contributed by atoms with Crippen LogP contribution in [0, 0.1) is 11.6 Å². The number of nitrogens with zero attached hydrogens (tertiary/aromatic N) is 12. The van der Waals surface area contributed by atoms with Crippen LogP contribution in [0.2, 0.25) is 0 Å². The highest BCUT2D eigenvalue weighted by molar-refractivity contribution is 9.10. The van der Waals surface area contributed by atoms with E-state index >= 15 is 4.39 Å². The maximum absolute atomic E-state index is 15.4. The molecule has 10 aromatic rings. The van der Waals surface area contributed by atoms with E-state index in [1.165, 1.54) is 49.2 Å². The minimum atomic E-state index is -0.618. The van der Waals surface area contributed by atoms with Gasteiger partial charge in [-0.05, 0) is 212 Å². The van der Waals surface area contributed by atoms with Gasteiger partial charge < -0.3 is 57.2 Å². The molecule has 2 N–H and O–H groups in total. The van der Waals surface area contributed by atoms with Crippen molar-refractivity contribution in [3.63, 3.8) is 0 Å². The lowest BCUT2D eigenvalue weighted by molar-refractivity contribution is -0.0828. The Morgan fingerprint density at radius 1 is 0.541 bits per heavy atom. The number of hydrogen-bond donors (Lipinski definition) is 2. The molecule has 24 nitrogen and oxygen atoms in total. The van der Waals surface area contributed by atoms with Gasteiger partial charge in [-0.25, -0.2) is 18.7 Å². The standard InChI is InChI=1S/C38H40FN7O4.C26H38BN5O4.C18H14BrFN2O2.CH4/c1-23-18-46(29-21-50-22-29)24(2)17-45(23)28-8-9-36(40-16-28)41-32-12-26(19-42(3)37(32)48)30-14-27(39)15-34(31(30)20-47)44-11-10-43-33-7-5-4-6-25(33)13-35(43)38(44)49;1-17-13-32(21-15-34-16-21)18(2)12-31(17)20-8-9-23(28-11-20)29-22-10-19(14-30(7)24(22)33)27-35-25(3,4)26(5,6)36-27;19-14-8-12(20)9-16(13(14)10-23)22-6-5-21-15-4-2-1-3-11(15)7-17(21)18(22)24;/h8-16,19-20,23-24,29H,4-7,17-18,21-22H2,1-3H3,(H,40,41);8-11,14,17-18,21H,12-13,15-16H2,1-7H3,(H,28,29);5-10H,1-4H2;1H4/t23-,24+;17-,18+;;/m00../s1. The van der Waals surface area contributed by atoms with Crippen LogP contribution in [0.1, 0.15) is 132 Å². The van der Waals surface area contributed by atoms with Gasteiger partial charge in [-0.2, -0.15) is 0 Å². The number of aldehydes is 2. The van der Waals surface area contributed by atoms with Crippen LogP contribution >= 0.6 is 15.9 Å². The summed E-state index contributed by atoms with van der Waals surface area (Å²) in [5.74, 6) is -0.0379. The van der Waals surface area contributed by atoms with E-state index in [0.29, 0.717) is 87.2 Å². The van der Waals surface area contributed by atoms with Crippen LogP contribution in [0.25, 0.3) is 33.5 Å². The van der Waals surface area contributed by atoms with Crippen LogP contribution in [0.15, 0.2) is 146 Å². The Bertz CT molecular complexity index is 5440. The second kappa shape index (κ2) is 31.5. The topological polar surface area (TPSA) is 231 Å². The molecule has 0 bridgehead atoms. The number of carbonyl (C=O) groups is 2. The van der Waals surface area contributed by atoms with Crippen LogP contribution in [0.4, 0.5) is 43.2 Å². The normalized spacial score (nSPS) is 20.4. The number of anilines is 6. The molecule has 0 unspecified atom stereocenters. The van der Waals surface area contributed by atoms with E-state index in [9.17, 15) is 33.2 Å². The largest absolute Gasteiger partial charge is 0.496 e. The zero-order valence-corrected chi connectivity index (χ0v) is 65.2. The van der Waals surface area contributed by atoms with Gasteiger partial charge in [0.2, 0.25) is 0 Å². The molecule has 7 aliphatic rings. The Hall–Kier alpha value is -9.68. The lowest BCUT2D eigenvalue weighted by atomic mass is 9.80. The van der Waals surface area contributed by atoms with E-state index in [1.54, 1.807) is 68.0 Å². The summed E-state index contributed by atoms with van der Waals surface area (Å²) in [6.07, 6.45) is 23.2. The Morgan fingerprint density at radius 2 is 0.991 bits per heavy atom. The first kappa shape index (κ1) is 78.0. The second-order valence-electron chi connectivity index (χ2n) is 31.3. The molecule has 0 radical (unpaired) electrons. The molecule has 5 saturated heterocycles. The number of aromatic nitrogens is 8. The quantitative estimate of drug-likeness (QED) is 0.0761. The van der Waals surface area contributed by atoms with Crippen LogP contribution in [-0.4, -0.2) is 167 Å². The van der Waals surface area contributed by atoms with Gasteiger partial charge in [0, 0.05) is 134 Å². The van der Waals surface area contributed by atoms with Crippen molar-refractivity contribution < 1.29 is 37.2 Å². The molecule has 111 heavy (non-hydrogen) atoms. The van der Waals surface area contributed by atoms with Gasteiger partial charge in [0.1, 0.15) is 45.7 Å². The first-order valence-electron chi connectivity index (χ1n) is 37.9. The molecule has 0 amide bonds. The van der Waals surface area contributed by atoms with Crippen LogP contribution in [-0.2, 0) is 58.6 Å². The fourth-order valence-corrected chi connectivity index (χ4v) is 17.0. The van der Waals surface area contributed by atoms with Gasteiger partial charge in [-0.15, -0.1) is 0 Å². The number of benzene rings is 2. The molecule has 13 heterocycles. The highest BCUT2D eigenvalue weighted by Crippen LogP contribution is 2.38. The van der Waals surface area contributed by atoms with Gasteiger partial charge in [0.25, 0.3) is 22.2 Å². The van der Waals surface area contributed by atoms with Crippen molar-refractivity contribution in [2.75, 3.05) is 73.0 Å². The number of aryl methyl sites for hydroxylation is 6. The Labute approximate surface area is 651 Å². The Kier molecular flexibility index (Phi) is 22.1. The smallest absolute Gasteiger partial charge is 0.399 e. The molecule has 582 valence electrons. The van der Waals surface area contributed by atoms with Crippen molar-refractivity contribution in [2.24, 2.45) is 14.1 Å². The maximum atomic E-state index is 15.4.